The van der Waals surface area contributed by atoms with E-state index in [1.807, 2.05) is 24.4 Å². The zero-order chi connectivity index (χ0) is 16.4. The monoisotopic (exact) mass is 316 g/mol. The molecular formula is C22H24N2. The second kappa shape index (κ2) is 6.72. The maximum atomic E-state index is 4.92. The molecule has 24 heavy (non-hydrogen) atoms. The molecule has 0 aliphatic heterocycles. The second-order valence-electron chi connectivity index (χ2n) is 7.12. The number of hydrogen-bond donors (Lipinski definition) is 0. The molecular weight excluding hydrogens is 292 g/mol. The number of hydrogen-bond acceptors (Lipinski definition) is 2. The molecule has 0 N–H and O–H groups in total. The molecule has 0 saturated heterocycles. The maximum absolute atomic E-state index is 4.92. The summed E-state index contributed by atoms with van der Waals surface area (Å²) < 4.78 is 0. The molecule has 2 atom stereocenters. The van der Waals surface area contributed by atoms with Crippen molar-refractivity contribution in [3.05, 3.63) is 59.4 Å². The summed E-state index contributed by atoms with van der Waals surface area (Å²) in [6.45, 7) is 4.35. The van der Waals surface area contributed by atoms with Crippen LogP contribution in [-0.4, -0.2) is 9.97 Å². The molecule has 1 aromatic heterocycles. The van der Waals surface area contributed by atoms with Crippen molar-refractivity contribution in [2.45, 2.75) is 38.5 Å². The lowest BCUT2D eigenvalue weighted by Gasteiger charge is -2.16. The Hall–Kier alpha value is -2.22. The Morgan fingerprint density at radius 3 is 2.71 bits per heavy atom. The van der Waals surface area contributed by atoms with Crippen molar-refractivity contribution in [3.63, 3.8) is 0 Å². The van der Waals surface area contributed by atoms with E-state index >= 15 is 0 Å². The largest absolute Gasteiger partial charge is 0.252 e. The van der Waals surface area contributed by atoms with Gasteiger partial charge in [0.25, 0.3) is 0 Å². The van der Waals surface area contributed by atoms with Gasteiger partial charge in [0.1, 0.15) is 0 Å². The van der Waals surface area contributed by atoms with Crippen LogP contribution in [0, 0.1) is 11.8 Å². The van der Waals surface area contributed by atoms with Crippen LogP contribution in [0.2, 0.25) is 0 Å². The minimum Gasteiger partial charge on any atom is -0.252 e. The molecule has 2 unspecified atom stereocenters. The minimum absolute atomic E-state index is 0.622. The van der Waals surface area contributed by atoms with Crippen LogP contribution in [0.3, 0.4) is 0 Å². The number of fused-ring (bicyclic) bond motifs is 4. The van der Waals surface area contributed by atoms with E-state index in [9.17, 15) is 0 Å². The molecule has 0 amide bonds. The highest BCUT2D eigenvalue weighted by Crippen LogP contribution is 2.33. The average molecular weight is 316 g/mol. The van der Waals surface area contributed by atoms with E-state index < -0.39 is 0 Å². The lowest BCUT2D eigenvalue weighted by atomic mass is 9.90. The van der Waals surface area contributed by atoms with E-state index in [-0.39, 0.29) is 0 Å². The fourth-order valence-electron chi connectivity index (χ4n) is 3.98. The lowest BCUT2D eigenvalue weighted by Crippen LogP contribution is -2.32. The Labute approximate surface area is 143 Å². The van der Waals surface area contributed by atoms with E-state index in [0.717, 1.165) is 34.3 Å². The van der Waals surface area contributed by atoms with Gasteiger partial charge in [-0.25, -0.2) is 4.98 Å². The first-order chi connectivity index (χ1) is 11.8. The van der Waals surface area contributed by atoms with Crippen molar-refractivity contribution in [1.82, 2.24) is 9.97 Å². The Bertz CT molecular complexity index is 851. The van der Waals surface area contributed by atoms with Gasteiger partial charge in [-0.15, -0.1) is 0 Å². The first kappa shape index (κ1) is 15.3. The van der Waals surface area contributed by atoms with Gasteiger partial charge in [0.05, 0.1) is 22.6 Å². The Balaban J connectivity index is 1.84. The van der Waals surface area contributed by atoms with Crippen LogP contribution in [0.5, 0.6) is 0 Å². The summed E-state index contributed by atoms with van der Waals surface area (Å²) in [5, 5.41) is 2.00. The van der Waals surface area contributed by atoms with E-state index in [4.69, 9.17) is 9.97 Å². The van der Waals surface area contributed by atoms with Crippen molar-refractivity contribution in [3.8, 4) is 11.3 Å². The summed E-state index contributed by atoms with van der Waals surface area (Å²) >= 11 is 0. The summed E-state index contributed by atoms with van der Waals surface area (Å²) in [5.74, 6) is 1.41. The molecule has 0 radical (unpaired) electrons. The van der Waals surface area contributed by atoms with Crippen molar-refractivity contribution in [1.29, 1.82) is 0 Å². The van der Waals surface area contributed by atoms with Gasteiger partial charge in [-0.1, -0.05) is 55.8 Å². The van der Waals surface area contributed by atoms with Crippen LogP contribution < -0.4 is 10.7 Å². The Morgan fingerprint density at radius 2 is 1.83 bits per heavy atom. The Morgan fingerprint density at radius 1 is 0.958 bits per heavy atom. The average Bonchev–Trinajstić information content (AvgIpc) is 2.88. The van der Waals surface area contributed by atoms with E-state index in [1.54, 1.807) is 0 Å². The topological polar surface area (TPSA) is 25.8 Å². The first-order valence-corrected chi connectivity index (χ1v) is 9.09. The zero-order valence-corrected chi connectivity index (χ0v) is 14.1. The quantitative estimate of drug-likeness (QED) is 0.798. The van der Waals surface area contributed by atoms with E-state index in [0.29, 0.717) is 5.92 Å². The van der Waals surface area contributed by atoms with Crippen LogP contribution in [0.15, 0.2) is 48.7 Å². The third-order valence-corrected chi connectivity index (χ3v) is 5.48. The molecule has 1 fully saturated rings. The van der Waals surface area contributed by atoms with Gasteiger partial charge in [0, 0.05) is 5.56 Å². The molecule has 2 nitrogen and oxygen atoms in total. The molecule has 2 aromatic rings. The first-order valence-electron chi connectivity index (χ1n) is 9.09. The fourth-order valence-corrected chi connectivity index (χ4v) is 3.98. The number of benzene rings is 1. The van der Waals surface area contributed by atoms with Crippen LogP contribution >= 0.6 is 0 Å². The van der Waals surface area contributed by atoms with E-state index in [2.05, 4.69) is 30.9 Å². The summed E-state index contributed by atoms with van der Waals surface area (Å²) in [6.07, 6.45) is 14.0. The van der Waals surface area contributed by atoms with Gasteiger partial charge in [0.15, 0.2) is 0 Å². The molecule has 122 valence electrons. The van der Waals surface area contributed by atoms with Gasteiger partial charge >= 0.3 is 0 Å². The van der Waals surface area contributed by atoms with Crippen LogP contribution in [0.1, 0.15) is 38.5 Å². The predicted octanol–water partition coefficient (Wildman–Crippen LogP) is 3.86. The number of rotatable bonds is 1. The smallest absolute Gasteiger partial charge is 0.0892 e. The van der Waals surface area contributed by atoms with Crippen LogP contribution in [-0.2, 0) is 0 Å². The van der Waals surface area contributed by atoms with Gasteiger partial charge < -0.3 is 0 Å². The summed E-state index contributed by atoms with van der Waals surface area (Å²) in [6, 6.07) is 10.3. The molecule has 2 aliphatic carbocycles. The summed E-state index contributed by atoms with van der Waals surface area (Å²) in [7, 11) is 0. The van der Waals surface area contributed by atoms with Crippen LogP contribution in [0.25, 0.3) is 23.4 Å². The number of nitrogens with zero attached hydrogens (tertiary/aromatic N) is 2. The molecule has 4 rings (SSSR count). The van der Waals surface area contributed by atoms with Crippen molar-refractivity contribution < 1.29 is 0 Å². The van der Waals surface area contributed by atoms with Gasteiger partial charge in [0.2, 0.25) is 0 Å². The SMILES string of the molecule is C=C1/C=c2/ncc(-c3ccccc3)n/c2=C/CC2CCCC1CC2. The normalized spacial score (nSPS) is 26.4. The third-order valence-electron chi connectivity index (χ3n) is 5.48. The van der Waals surface area contributed by atoms with Crippen molar-refractivity contribution in [2.75, 3.05) is 0 Å². The van der Waals surface area contributed by atoms with Gasteiger partial charge in [-0.2, -0.15) is 0 Å². The number of aromatic nitrogens is 2. The maximum Gasteiger partial charge on any atom is 0.0892 e. The molecule has 2 aliphatic rings. The highest BCUT2D eigenvalue weighted by Gasteiger charge is 2.20. The molecule has 1 saturated carbocycles. The number of allylic oxidation sites excluding steroid dienone is 1. The van der Waals surface area contributed by atoms with Crippen LogP contribution in [0.4, 0.5) is 0 Å². The summed E-state index contributed by atoms with van der Waals surface area (Å²) in [5.41, 5.74) is 3.30. The van der Waals surface area contributed by atoms with Crippen molar-refractivity contribution in [2.24, 2.45) is 11.8 Å². The summed E-state index contributed by atoms with van der Waals surface area (Å²) in [4.78, 5) is 9.64. The zero-order valence-electron chi connectivity index (χ0n) is 14.1. The lowest BCUT2D eigenvalue weighted by molar-refractivity contribution is 0.465. The molecule has 2 bridgehead atoms. The standard InChI is InChI=1S/C22H24N2/c1-16-14-21-20(13-11-17-6-5-9-18(16)12-10-17)24-22(15-23-21)19-7-3-2-4-8-19/h2-4,7-8,13-15,17-18H,1,5-6,9-12H2/b20-13+,21-14+. The third kappa shape index (κ3) is 3.19. The van der Waals surface area contributed by atoms with Gasteiger partial charge in [-0.05, 0) is 49.2 Å². The minimum atomic E-state index is 0.622. The van der Waals surface area contributed by atoms with Gasteiger partial charge in [-0.3, -0.25) is 4.98 Å². The highest BCUT2D eigenvalue weighted by atomic mass is 14.8. The molecule has 1 heterocycles. The second-order valence-corrected chi connectivity index (χ2v) is 7.12. The predicted molar refractivity (Wildman–Crippen MR) is 99.5 cm³/mol. The Kier molecular flexibility index (Phi) is 4.29. The molecule has 0 spiro atoms. The van der Waals surface area contributed by atoms with E-state index in [1.165, 1.54) is 37.7 Å². The fraction of sp³-hybridized carbons (Fsp3) is 0.364. The molecule has 2 heteroatoms. The highest BCUT2D eigenvalue weighted by molar-refractivity contribution is 5.58. The van der Waals surface area contributed by atoms with Crippen molar-refractivity contribution >= 4 is 12.2 Å². The molecule has 1 aromatic carbocycles.